The number of methoxy groups -OCH3 is 2. The highest BCUT2D eigenvalue weighted by molar-refractivity contribution is 5.25. The molecule has 114 valence electrons. The largest absolute Gasteiger partial charge is 0.481 e. The third-order valence-corrected chi connectivity index (χ3v) is 2.19. The molecule has 20 heavy (non-hydrogen) atoms. The normalized spacial score (nSPS) is 13.2. The molecule has 0 unspecified atom stereocenters. The Labute approximate surface area is 107 Å². The minimum Gasteiger partial charge on any atom is -0.481 e. The maximum absolute atomic E-state index is 13.7. The second-order valence-corrected chi connectivity index (χ2v) is 3.43. The van der Waals surface area contributed by atoms with Gasteiger partial charge in [-0.3, -0.25) is 0 Å². The van der Waals surface area contributed by atoms with Crippen molar-refractivity contribution < 1.29 is 40.2 Å². The Bertz CT molecular complexity index is 450. The monoisotopic (exact) mass is 308 g/mol. The van der Waals surface area contributed by atoms with Crippen molar-refractivity contribution in [1.82, 2.24) is 9.97 Å². The van der Waals surface area contributed by atoms with Crippen molar-refractivity contribution in [3.8, 4) is 11.8 Å². The summed E-state index contributed by atoms with van der Waals surface area (Å²) in [4.78, 5) is 5.55. The lowest BCUT2D eigenvalue weighted by Gasteiger charge is -2.28. The average Bonchev–Trinajstić information content (AvgIpc) is 2.34. The standard InChI is InChI=1S/C9H7F7N2O2/c1-19-4-3-5(20-2)18-6(17-4)7(10,8(11,12)13)9(14,15)16/h3H,1-2H3. The van der Waals surface area contributed by atoms with Crippen LogP contribution >= 0.6 is 0 Å². The Morgan fingerprint density at radius 2 is 1.15 bits per heavy atom. The molecule has 1 aromatic rings. The third kappa shape index (κ3) is 2.56. The summed E-state index contributed by atoms with van der Waals surface area (Å²) in [6, 6.07) is 0.802. The molecule has 0 radical (unpaired) electrons. The van der Waals surface area contributed by atoms with E-state index in [1.165, 1.54) is 0 Å². The van der Waals surface area contributed by atoms with E-state index in [1.54, 1.807) is 0 Å². The first-order valence-electron chi connectivity index (χ1n) is 4.77. The molecule has 0 aromatic carbocycles. The van der Waals surface area contributed by atoms with Gasteiger partial charge in [0.25, 0.3) is 0 Å². The van der Waals surface area contributed by atoms with E-state index in [1.807, 2.05) is 0 Å². The van der Waals surface area contributed by atoms with Crippen LogP contribution in [0.1, 0.15) is 5.82 Å². The van der Waals surface area contributed by atoms with Crippen molar-refractivity contribution in [2.24, 2.45) is 0 Å². The van der Waals surface area contributed by atoms with E-state index in [4.69, 9.17) is 0 Å². The molecule has 0 aliphatic rings. The summed E-state index contributed by atoms with van der Waals surface area (Å²) >= 11 is 0. The minimum atomic E-state index is -6.30. The zero-order valence-corrected chi connectivity index (χ0v) is 9.93. The molecular weight excluding hydrogens is 301 g/mol. The van der Waals surface area contributed by atoms with Crippen molar-refractivity contribution in [1.29, 1.82) is 0 Å². The zero-order chi connectivity index (χ0) is 15.8. The predicted molar refractivity (Wildman–Crippen MR) is 50.0 cm³/mol. The van der Waals surface area contributed by atoms with Gasteiger partial charge in [-0.05, 0) is 0 Å². The Morgan fingerprint density at radius 3 is 1.40 bits per heavy atom. The highest BCUT2D eigenvalue weighted by Gasteiger charge is 2.76. The molecule has 0 saturated carbocycles. The molecule has 0 fully saturated rings. The van der Waals surface area contributed by atoms with E-state index in [9.17, 15) is 30.7 Å². The lowest BCUT2D eigenvalue weighted by Crippen LogP contribution is -2.51. The van der Waals surface area contributed by atoms with Crippen molar-refractivity contribution in [2.75, 3.05) is 14.2 Å². The lowest BCUT2D eigenvalue weighted by molar-refractivity contribution is -0.351. The molecule has 0 bridgehead atoms. The molecule has 0 saturated heterocycles. The van der Waals surface area contributed by atoms with E-state index in [-0.39, 0.29) is 0 Å². The summed E-state index contributed by atoms with van der Waals surface area (Å²) in [5.74, 6) is -3.57. The summed E-state index contributed by atoms with van der Waals surface area (Å²) in [5.41, 5.74) is -5.73. The number of aromatic nitrogens is 2. The van der Waals surface area contributed by atoms with Crippen LogP contribution in [0.5, 0.6) is 11.8 Å². The van der Waals surface area contributed by atoms with Gasteiger partial charge in [0.2, 0.25) is 11.8 Å². The SMILES string of the molecule is COc1cc(OC)nc(C(F)(C(F)(F)F)C(F)(F)F)n1. The molecule has 0 atom stereocenters. The van der Waals surface area contributed by atoms with E-state index < -0.39 is 35.6 Å². The molecule has 0 N–H and O–H groups in total. The van der Waals surface area contributed by atoms with Crippen LogP contribution in [-0.2, 0) is 5.67 Å². The van der Waals surface area contributed by atoms with Gasteiger partial charge in [0.15, 0.2) is 5.82 Å². The number of nitrogens with zero attached hydrogens (tertiary/aromatic N) is 2. The maximum atomic E-state index is 13.7. The number of hydrogen-bond acceptors (Lipinski definition) is 4. The molecule has 0 spiro atoms. The van der Waals surface area contributed by atoms with Crippen LogP contribution in [0.4, 0.5) is 30.7 Å². The van der Waals surface area contributed by atoms with Gasteiger partial charge in [-0.25, -0.2) is 4.39 Å². The Morgan fingerprint density at radius 1 is 0.800 bits per heavy atom. The topological polar surface area (TPSA) is 44.2 Å². The second-order valence-electron chi connectivity index (χ2n) is 3.43. The number of ether oxygens (including phenoxy) is 2. The summed E-state index contributed by atoms with van der Waals surface area (Å²) in [5, 5.41) is 0. The molecule has 11 heteroatoms. The second kappa shape index (κ2) is 4.94. The van der Waals surface area contributed by atoms with E-state index in [0.717, 1.165) is 20.3 Å². The zero-order valence-electron chi connectivity index (χ0n) is 9.93. The van der Waals surface area contributed by atoms with Gasteiger partial charge in [0, 0.05) is 0 Å². The Balaban J connectivity index is 3.58. The smallest absolute Gasteiger partial charge is 0.439 e. The first kappa shape index (κ1) is 16.2. The Hall–Kier alpha value is -1.81. The van der Waals surface area contributed by atoms with E-state index in [0.29, 0.717) is 0 Å². The van der Waals surface area contributed by atoms with Crippen LogP contribution in [0.2, 0.25) is 0 Å². The molecular formula is C9H7F7N2O2. The fourth-order valence-corrected chi connectivity index (χ4v) is 1.18. The predicted octanol–water partition coefficient (Wildman–Crippen LogP) is 2.78. The van der Waals surface area contributed by atoms with Crippen molar-refractivity contribution in [3.63, 3.8) is 0 Å². The van der Waals surface area contributed by atoms with Crippen LogP contribution in [0.3, 0.4) is 0 Å². The summed E-state index contributed by atoms with van der Waals surface area (Å²) in [7, 11) is 1.85. The summed E-state index contributed by atoms with van der Waals surface area (Å²) in [6.45, 7) is 0. The van der Waals surface area contributed by atoms with Crippen LogP contribution in [0.15, 0.2) is 6.07 Å². The maximum Gasteiger partial charge on any atom is 0.439 e. The average molecular weight is 308 g/mol. The van der Waals surface area contributed by atoms with Gasteiger partial charge in [0.05, 0.1) is 20.3 Å². The van der Waals surface area contributed by atoms with Gasteiger partial charge in [-0.15, -0.1) is 0 Å². The fraction of sp³-hybridized carbons (Fsp3) is 0.556. The van der Waals surface area contributed by atoms with Gasteiger partial charge >= 0.3 is 18.0 Å². The lowest BCUT2D eigenvalue weighted by atomic mass is 10.0. The van der Waals surface area contributed by atoms with E-state index >= 15 is 0 Å². The van der Waals surface area contributed by atoms with Gasteiger partial charge in [-0.1, -0.05) is 0 Å². The van der Waals surface area contributed by atoms with Crippen LogP contribution < -0.4 is 9.47 Å². The molecule has 1 rings (SSSR count). The molecule has 4 nitrogen and oxygen atoms in total. The minimum absolute atomic E-state index is 0.706. The molecule has 0 aliphatic heterocycles. The molecule has 0 amide bonds. The molecule has 1 aromatic heterocycles. The number of alkyl halides is 7. The van der Waals surface area contributed by atoms with E-state index in [2.05, 4.69) is 19.4 Å². The first-order chi connectivity index (χ1) is 8.97. The van der Waals surface area contributed by atoms with Crippen molar-refractivity contribution in [2.45, 2.75) is 18.0 Å². The molecule has 0 aliphatic carbocycles. The van der Waals surface area contributed by atoms with Gasteiger partial charge in [-0.2, -0.15) is 36.3 Å². The van der Waals surface area contributed by atoms with Crippen LogP contribution in [0, 0.1) is 0 Å². The number of rotatable bonds is 3. The number of halogens is 7. The van der Waals surface area contributed by atoms with Crippen molar-refractivity contribution in [3.05, 3.63) is 11.9 Å². The van der Waals surface area contributed by atoms with Gasteiger partial charge < -0.3 is 9.47 Å². The van der Waals surface area contributed by atoms with Crippen molar-refractivity contribution >= 4 is 0 Å². The quantitative estimate of drug-likeness (QED) is 0.806. The Kier molecular flexibility index (Phi) is 4.02. The summed E-state index contributed by atoms with van der Waals surface area (Å²) < 4.78 is 97.5. The highest BCUT2D eigenvalue weighted by Crippen LogP contribution is 2.52. The summed E-state index contributed by atoms with van der Waals surface area (Å²) in [6.07, 6.45) is -12.6. The number of hydrogen-bond donors (Lipinski definition) is 0. The van der Waals surface area contributed by atoms with Crippen LogP contribution in [0.25, 0.3) is 0 Å². The first-order valence-corrected chi connectivity index (χ1v) is 4.77. The van der Waals surface area contributed by atoms with Crippen LogP contribution in [-0.4, -0.2) is 36.5 Å². The fourth-order valence-electron chi connectivity index (χ4n) is 1.18. The van der Waals surface area contributed by atoms with Gasteiger partial charge in [0.1, 0.15) is 0 Å². The molecule has 1 heterocycles. The highest BCUT2D eigenvalue weighted by atomic mass is 19.4. The third-order valence-electron chi connectivity index (χ3n) is 2.19.